The molecule has 0 radical (unpaired) electrons. The molecule has 1 saturated carbocycles. The molecular weight excluding hydrogens is 306 g/mol. The first kappa shape index (κ1) is 14.3. The van der Waals surface area contributed by atoms with E-state index in [-0.39, 0.29) is 5.91 Å². The van der Waals surface area contributed by atoms with Crippen molar-refractivity contribution in [1.29, 1.82) is 0 Å². The first-order valence-corrected chi connectivity index (χ1v) is 8.68. The number of nitrogens with one attached hydrogen (secondary N) is 1. The standard InChI is InChI=1S/C18H17N3OS/c22-17(21-18-20-11-16(23-18)12-3-1-4-12)9-13-5-2-6-14-10-19-8-7-15(13)14/h2,5-8,10-12H,1,3-4,9H2,(H,20,21,22). The molecule has 1 aromatic carbocycles. The number of fused-ring (bicyclic) bond motifs is 1. The fourth-order valence-electron chi connectivity index (χ4n) is 2.91. The summed E-state index contributed by atoms with van der Waals surface area (Å²) in [6.07, 6.45) is 9.64. The first-order chi connectivity index (χ1) is 11.3. The predicted octanol–water partition coefficient (Wildman–Crippen LogP) is 4.14. The lowest BCUT2D eigenvalue weighted by atomic mass is 9.85. The van der Waals surface area contributed by atoms with E-state index in [0.717, 1.165) is 16.3 Å². The van der Waals surface area contributed by atoms with E-state index in [1.54, 1.807) is 17.5 Å². The number of carbonyl (C=O) groups excluding carboxylic acids is 1. The van der Waals surface area contributed by atoms with Crippen LogP contribution in [-0.2, 0) is 11.2 Å². The lowest BCUT2D eigenvalue weighted by Crippen LogP contribution is -2.14. The zero-order chi connectivity index (χ0) is 15.6. The number of hydrogen-bond acceptors (Lipinski definition) is 4. The number of rotatable bonds is 4. The van der Waals surface area contributed by atoms with Crippen molar-refractivity contribution in [1.82, 2.24) is 9.97 Å². The van der Waals surface area contributed by atoms with Gasteiger partial charge in [0, 0.05) is 28.9 Å². The highest BCUT2D eigenvalue weighted by Gasteiger charge is 2.22. The van der Waals surface area contributed by atoms with E-state index in [2.05, 4.69) is 15.3 Å². The van der Waals surface area contributed by atoms with E-state index < -0.39 is 0 Å². The largest absolute Gasteiger partial charge is 0.302 e. The summed E-state index contributed by atoms with van der Waals surface area (Å²) >= 11 is 1.61. The highest BCUT2D eigenvalue weighted by atomic mass is 32.1. The fourth-order valence-corrected chi connectivity index (χ4v) is 3.91. The Kier molecular flexibility index (Phi) is 3.79. The van der Waals surface area contributed by atoms with Gasteiger partial charge in [0.25, 0.3) is 0 Å². The minimum absolute atomic E-state index is 0.0242. The maximum Gasteiger partial charge on any atom is 0.230 e. The van der Waals surface area contributed by atoms with E-state index in [9.17, 15) is 4.79 Å². The molecule has 116 valence electrons. The predicted molar refractivity (Wildman–Crippen MR) is 92.8 cm³/mol. The van der Waals surface area contributed by atoms with Crippen LogP contribution in [0.2, 0.25) is 0 Å². The van der Waals surface area contributed by atoms with E-state index in [1.807, 2.05) is 36.7 Å². The van der Waals surface area contributed by atoms with Gasteiger partial charge in [-0.3, -0.25) is 9.78 Å². The van der Waals surface area contributed by atoms with Gasteiger partial charge in [-0.05, 0) is 35.8 Å². The summed E-state index contributed by atoms with van der Waals surface area (Å²) in [5.41, 5.74) is 1.01. The summed E-state index contributed by atoms with van der Waals surface area (Å²) in [7, 11) is 0. The van der Waals surface area contributed by atoms with E-state index in [4.69, 9.17) is 0 Å². The Morgan fingerprint density at radius 1 is 1.26 bits per heavy atom. The molecule has 1 aliphatic rings. The molecule has 0 saturated heterocycles. The van der Waals surface area contributed by atoms with Crippen molar-refractivity contribution in [3.05, 3.63) is 53.3 Å². The second kappa shape index (κ2) is 6.08. The molecule has 3 aromatic rings. The van der Waals surface area contributed by atoms with Crippen molar-refractivity contribution in [3.8, 4) is 0 Å². The van der Waals surface area contributed by atoms with Crippen LogP contribution in [-0.4, -0.2) is 15.9 Å². The molecule has 1 N–H and O–H groups in total. The summed E-state index contributed by atoms with van der Waals surface area (Å²) in [6.45, 7) is 0. The molecule has 0 aliphatic heterocycles. The third-order valence-electron chi connectivity index (χ3n) is 4.40. The quantitative estimate of drug-likeness (QED) is 0.785. The zero-order valence-electron chi connectivity index (χ0n) is 12.7. The molecule has 4 nitrogen and oxygen atoms in total. The van der Waals surface area contributed by atoms with Gasteiger partial charge < -0.3 is 5.32 Å². The Morgan fingerprint density at radius 3 is 3.00 bits per heavy atom. The average Bonchev–Trinajstić information content (AvgIpc) is 2.93. The molecule has 23 heavy (non-hydrogen) atoms. The summed E-state index contributed by atoms with van der Waals surface area (Å²) < 4.78 is 0. The SMILES string of the molecule is O=C(Cc1cccc2cnccc12)Nc1ncc(C2CCC2)s1. The maximum absolute atomic E-state index is 12.3. The van der Waals surface area contributed by atoms with E-state index in [1.165, 1.54) is 24.1 Å². The number of amides is 1. The average molecular weight is 323 g/mol. The van der Waals surface area contributed by atoms with Crippen LogP contribution < -0.4 is 5.32 Å². The van der Waals surface area contributed by atoms with Crippen LogP contribution in [0.5, 0.6) is 0 Å². The number of carbonyl (C=O) groups is 1. The minimum Gasteiger partial charge on any atom is -0.302 e. The smallest absolute Gasteiger partial charge is 0.230 e. The molecule has 5 heteroatoms. The van der Waals surface area contributed by atoms with Crippen molar-refractivity contribution in [3.63, 3.8) is 0 Å². The van der Waals surface area contributed by atoms with Gasteiger partial charge in [0.15, 0.2) is 5.13 Å². The first-order valence-electron chi connectivity index (χ1n) is 7.87. The molecule has 0 atom stereocenters. The van der Waals surface area contributed by atoms with Gasteiger partial charge >= 0.3 is 0 Å². The number of benzene rings is 1. The number of pyridine rings is 1. The Labute approximate surface area is 138 Å². The second-order valence-corrected chi connectivity index (χ2v) is 7.00. The number of nitrogens with zero attached hydrogens (tertiary/aromatic N) is 2. The third kappa shape index (κ3) is 2.97. The van der Waals surface area contributed by atoms with Gasteiger partial charge in [-0.15, -0.1) is 11.3 Å². The van der Waals surface area contributed by atoms with Crippen LogP contribution in [0.3, 0.4) is 0 Å². The van der Waals surface area contributed by atoms with Gasteiger partial charge in [0.1, 0.15) is 0 Å². The Hall–Kier alpha value is -2.27. The summed E-state index contributed by atoms with van der Waals surface area (Å²) in [5, 5.41) is 5.77. The number of thiazole rings is 1. The van der Waals surface area contributed by atoms with Crippen molar-refractivity contribution >= 4 is 33.1 Å². The van der Waals surface area contributed by atoms with Crippen LogP contribution in [0, 0.1) is 0 Å². The molecule has 1 amide bonds. The molecule has 0 bridgehead atoms. The molecule has 0 unspecified atom stereocenters. The van der Waals surface area contributed by atoms with Crippen molar-refractivity contribution in [2.75, 3.05) is 5.32 Å². The van der Waals surface area contributed by atoms with Gasteiger partial charge in [-0.2, -0.15) is 0 Å². The Balaban J connectivity index is 1.47. The van der Waals surface area contributed by atoms with Crippen LogP contribution in [0.1, 0.15) is 35.6 Å². The molecule has 4 rings (SSSR count). The van der Waals surface area contributed by atoms with Gasteiger partial charge in [-0.25, -0.2) is 4.98 Å². The molecule has 2 heterocycles. The zero-order valence-corrected chi connectivity index (χ0v) is 13.5. The highest BCUT2D eigenvalue weighted by molar-refractivity contribution is 7.15. The van der Waals surface area contributed by atoms with Crippen LogP contribution >= 0.6 is 11.3 Å². The van der Waals surface area contributed by atoms with E-state index >= 15 is 0 Å². The third-order valence-corrected chi connectivity index (χ3v) is 5.47. The number of anilines is 1. The van der Waals surface area contributed by atoms with Gasteiger partial charge in [0.05, 0.1) is 6.42 Å². The summed E-state index contributed by atoms with van der Waals surface area (Å²) in [6, 6.07) is 7.92. The van der Waals surface area contributed by atoms with Gasteiger partial charge in [0.2, 0.25) is 5.91 Å². The molecule has 1 fully saturated rings. The lowest BCUT2D eigenvalue weighted by molar-refractivity contribution is -0.115. The van der Waals surface area contributed by atoms with Crippen molar-refractivity contribution in [2.24, 2.45) is 0 Å². The van der Waals surface area contributed by atoms with Crippen molar-refractivity contribution < 1.29 is 4.79 Å². The number of hydrogen-bond donors (Lipinski definition) is 1. The summed E-state index contributed by atoms with van der Waals surface area (Å²) in [5.74, 6) is 0.632. The lowest BCUT2D eigenvalue weighted by Gasteiger charge is -2.23. The minimum atomic E-state index is -0.0242. The number of aromatic nitrogens is 2. The van der Waals surface area contributed by atoms with E-state index in [0.29, 0.717) is 17.5 Å². The van der Waals surface area contributed by atoms with Crippen LogP contribution in [0.15, 0.2) is 42.9 Å². The molecule has 1 aliphatic carbocycles. The Bertz CT molecular complexity index is 849. The summed E-state index contributed by atoms with van der Waals surface area (Å²) in [4.78, 5) is 22.1. The monoisotopic (exact) mass is 323 g/mol. The van der Waals surface area contributed by atoms with Gasteiger partial charge in [-0.1, -0.05) is 24.6 Å². The normalized spacial score (nSPS) is 14.6. The topological polar surface area (TPSA) is 54.9 Å². The molecular formula is C18H17N3OS. The van der Waals surface area contributed by atoms with Crippen molar-refractivity contribution in [2.45, 2.75) is 31.6 Å². The molecule has 0 spiro atoms. The fraction of sp³-hybridized carbons (Fsp3) is 0.278. The van der Waals surface area contributed by atoms with Crippen LogP contribution in [0.4, 0.5) is 5.13 Å². The molecule has 2 aromatic heterocycles. The van der Waals surface area contributed by atoms with Crippen LogP contribution in [0.25, 0.3) is 10.8 Å². The Morgan fingerprint density at radius 2 is 2.17 bits per heavy atom. The second-order valence-electron chi connectivity index (χ2n) is 5.93. The highest BCUT2D eigenvalue weighted by Crippen LogP contribution is 2.39. The maximum atomic E-state index is 12.3.